The van der Waals surface area contributed by atoms with Gasteiger partial charge in [-0.25, -0.2) is 0 Å². The fourth-order valence-electron chi connectivity index (χ4n) is 1.51. The summed E-state index contributed by atoms with van der Waals surface area (Å²) in [6.45, 7) is 6.07. The van der Waals surface area contributed by atoms with Crippen LogP contribution in [0.25, 0.3) is 0 Å². The third kappa shape index (κ3) is 1.85. The van der Waals surface area contributed by atoms with Crippen LogP contribution < -0.4 is 0 Å². The molecule has 1 aliphatic heterocycles. The van der Waals surface area contributed by atoms with Crippen LogP contribution in [0.2, 0.25) is 0 Å². The van der Waals surface area contributed by atoms with Crippen molar-refractivity contribution < 1.29 is 9.90 Å². The summed E-state index contributed by atoms with van der Waals surface area (Å²) in [7, 11) is 0. The number of nitrogens with zero attached hydrogens (tertiary/aromatic N) is 1. The summed E-state index contributed by atoms with van der Waals surface area (Å²) < 4.78 is 0. The molecule has 1 amide bonds. The lowest BCUT2D eigenvalue weighted by atomic mass is 10.2. The Hall–Kier alpha value is -0.830. The van der Waals surface area contributed by atoms with Gasteiger partial charge >= 0.3 is 0 Å². The molecule has 0 saturated carbocycles. The van der Waals surface area contributed by atoms with E-state index in [1.54, 1.807) is 11.0 Å². The first-order valence-electron chi connectivity index (χ1n) is 4.23. The second kappa shape index (κ2) is 3.72. The second-order valence-corrected chi connectivity index (χ2v) is 3.28. The average Bonchev–Trinajstić information content (AvgIpc) is 2.30. The zero-order valence-electron chi connectivity index (χ0n) is 7.36. The molecular weight excluding hydrogens is 154 g/mol. The number of rotatable bonds is 3. The van der Waals surface area contributed by atoms with E-state index in [4.69, 9.17) is 0 Å². The van der Waals surface area contributed by atoms with E-state index < -0.39 is 6.10 Å². The summed E-state index contributed by atoms with van der Waals surface area (Å²) in [6.07, 6.45) is 2.40. The largest absolute Gasteiger partial charge is 0.391 e. The van der Waals surface area contributed by atoms with E-state index in [-0.39, 0.29) is 18.4 Å². The number of carbonyl (C=O) groups excluding carboxylic acids is 1. The quantitative estimate of drug-likeness (QED) is 0.626. The number of hydrogen-bond donors (Lipinski definition) is 1. The Morgan fingerprint density at radius 3 is 3.00 bits per heavy atom. The van der Waals surface area contributed by atoms with Gasteiger partial charge in [0.25, 0.3) is 0 Å². The maximum Gasteiger partial charge on any atom is 0.225 e. The lowest BCUT2D eigenvalue weighted by Crippen LogP contribution is -2.34. The van der Waals surface area contributed by atoms with Crippen LogP contribution in [0.4, 0.5) is 0 Å². The van der Waals surface area contributed by atoms with Gasteiger partial charge in [-0.15, -0.1) is 6.58 Å². The molecule has 0 bridgehead atoms. The van der Waals surface area contributed by atoms with E-state index in [0.717, 1.165) is 6.42 Å². The predicted molar refractivity (Wildman–Crippen MR) is 46.6 cm³/mol. The van der Waals surface area contributed by atoms with Gasteiger partial charge in [-0.3, -0.25) is 4.79 Å². The summed E-state index contributed by atoms with van der Waals surface area (Å²) in [5.74, 6) is 0.0526. The molecule has 0 spiro atoms. The molecule has 0 radical (unpaired) electrons. The van der Waals surface area contributed by atoms with E-state index in [1.807, 2.05) is 6.92 Å². The van der Waals surface area contributed by atoms with Crippen LogP contribution in [-0.2, 0) is 4.79 Å². The number of β-amino-alcohol motifs (C(OH)–C–C–N with tert-alkyl or cyclic N) is 1. The van der Waals surface area contributed by atoms with Crippen molar-refractivity contribution >= 4 is 5.91 Å². The zero-order valence-corrected chi connectivity index (χ0v) is 7.36. The molecule has 68 valence electrons. The van der Waals surface area contributed by atoms with Crippen molar-refractivity contribution in [3.05, 3.63) is 12.7 Å². The van der Waals surface area contributed by atoms with Crippen LogP contribution in [0, 0.1) is 0 Å². The molecule has 1 heterocycles. The van der Waals surface area contributed by atoms with Gasteiger partial charge in [0.05, 0.1) is 12.5 Å². The van der Waals surface area contributed by atoms with Crippen LogP contribution in [0.5, 0.6) is 0 Å². The summed E-state index contributed by atoms with van der Waals surface area (Å²) in [6, 6.07) is 0.173. The minimum Gasteiger partial charge on any atom is -0.391 e. The topological polar surface area (TPSA) is 40.5 Å². The minimum absolute atomic E-state index is 0.0526. The van der Waals surface area contributed by atoms with E-state index in [0.29, 0.717) is 6.54 Å². The highest BCUT2D eigenvalue weighted by Gasteiger charge is 2.30. The molecule has 0 aromatic rings. The lowest BCUT2D eigenvalue weighted by molar-refractivity contribution is -0.129. The van der Waals surface area contributed by atoms with Crippen molar-refractivity contribution in [1.82, 2.24) is 4.90 Å². The van der Waals surface area contributed by atoms with Crippen LogP contribution in [0.1, 0.15) is 19.8 Å². The van der Waals surface area contributed by atoms with Gasteiger partial charge < -0.3 is 10.0 Å². The van der Waals surface area contributed by atoms with E-state index in [1.165, 1.54) is 0 Å². The van der Waals surface area contributed by atoms with E-state index in [9.17, 15) is 9.90 Å². The molecule has 1 N–H and O–H groups in total. The minimum atomic E-state index is -0.468. The number of aliphatic hydroxyl groups excluding tert-OH is 1. The van der Waals surface area contributed by atoms with Crippen molar-refractivity contribution in [2.45, 2.75) is 31.9 Å². The lowest BCUT2D eigenvalue weighted by Gasteiger charge is -2.22. The van der Waals surface area contributed by atoms with Gasteiger partial charge in [-0.05, 0) is 13.3 Å². The molecule has 1 rings (SSSR count). The highest BCUT2D eigenvalue weighted by atomic mass is 16.3. The third-order valence-electron chi connectivity index (χ3n) is 2.18. The van der Waals surface area contributed by atoms with E-state index in [2.05, 4.69) is 6.58 Å². The summed E-state index contributed by atoms with van der Waals surface area (Å²) in [5.41, 5.74) is 0. The summed E-state index contributed by atoms with van der Waals surface area (Å²) >= 11 is 0. The highest BCUT2D eigenvalue weighted by Crippen LogP contribution is 2.15. The van der Waals surface area contributed by atoms with Gasteiger partial charge in [0.15, 0.2) is 0 Å². The van der Waals surface area contributed by atoms with Crippen molar-refractivity contribution in [1.29, 1.82) is 0 Å². The van der Waals surface area contributed by atoms with Gasteiger partial charge in [-0.1, -0.05) is 6.08 Å². The molecule has 0 aromatic heterocycles. The monoisotopic (exact) mass is 169 g/mol. The van der Waals surface area contributed by atoms with Crippen LogP contribution >= 0.6 is 0 Å². The van der Waals surface area contributed by atoms with Gasteiger partial charge in [0.1, 0.15) is 0 Å². The molecule has 1 aliphatic rings. The fraction of sp³-hybridized carbons (Fsp3) is 0.667. The number of amides is 1. The molecule has 2 atom stereocenters. The average molecular weight is 169 g/mol. The Bertz CT molecular complexity index is 191. The maximum absolute atomic E-state index is 11.2. The Morgan fingerprint density at radius 1 is 1.92 bits per heavy atom. The summed E-state index contributed by atoms with van der Waals surface area (Å²) in [5, 5.41) is 9.20. The molecule has 12 heavy (non-hydrogen) atoms. The predicted octanol–water partition coefficient (Wildman–Crippen LogP) is 0.544. The molecular formula is C9H15NO2. The SMILES string of the molecule is C=CCC(C)N1CC(O)CC1=O. The standard InChI is InChI=1S/C9H15NO2/c1-3-4-7(2)10-6-8(11)5-9(10)12/h3,7-8,11H,1,4-6H2,2H3. The van der Waals surface area contributed by atoms with Gasteiger partial charge in [-0.2, -0.15) is 0 Å². The molecule has 1 saturated heterocycles. The second-order valence-electron chi connectivity index (χ2n) is 3.28. The Morgan fingerprint density at radius 2 is 2.58 bits per heavy atom. The van der Waals surface area contributed by atoms with Crippen LogP contribution in [0.3, 0.4) is 0 Å². The van der Waals surface area contributed by atoms with Gasteiger partial charge in [0.2, 0.25) is 5.91 Å². The van der Waals surface area contributed by atoms with Crippen molar-refractivity contribution in [3.8, 4) is 0 Å². The summed E-state index contributed by atoms with van der Waals surface area (Å²) in [4.78, 5) is 12.9. The smallest absolute Gasteiger partial charge is 0.225 e. The molecule has 3 nitrogen and oxygen atoms in total. The third-order valence-corrected chi connectivity index (χ3v) is 2.18. The molecule has 0 aromatic carbocycles. The van der Waals surface area contributed by atoms with Crippen molar-refractivity contribution in [2.75, 3.05) is 6.54 Å². The van der Waals surface area contributed by atoms with Crippen LogP contribution in [-0.4, -0.2) is 34.6 Å². The Kier molecular flexibility index (Phi) is 2.87. The zero-order chi connectivity index (χ0) is 9.14. The van der Waals surface area contributed by atoms with E-state index >= 15 is 0 Å². The normalized spacial score (nSPS) is 26.0. The maximum atomic E-state index is 11.2. The number of likely N-dealkylation sites (tertiary alicyclic amines) is 1. The number of hydrogen-bond acceptors (Lipinski definition) is 2. The number of aliphatic hydroxyl groups is 1. The first-order valence-corrected chi connectivity index (χ1v) is 4.23. The molecule has 2 unspecified atom stereocenters. The molecule has 0 aliphatic carbocycles. The highest BCUT2D eigenvalue weighted by molar-refractivity contribution is 5.79. The Labute approximate surface area is 72.7 Å². The first kappa shape index (κ1) is 9.26. The number of carbonyl (C=O) groups is 1. The first-order chi connectivity index (χ1) is 5.65. The molecule has 3 heteroatoms. The van der Waals surface area contributed by atoms with Crippen molar-refractivity contribution in [3.63, 3.8) is 0 Å². The van der Waals surface area contributed by atoms with Crippen LogP contribution in [0.15, 0.2) is 12.7 Å². The molecule has 1 fully saturated rings. The Balaban J connectivity index is 2.51. The van der Waals surface area contributed by atoms with Gasteiger partial charge in [0, 0.05) is 12.6 Å². The van der Waals surface area contributed by atoms with Crippen molar-refractivity contribution in [2.24, 2.45) is 0 Å². The fourth-order valence-corrected chi connectivity index (χ4v) is 1.51.